The van der Waals surface area contributed by atoms with Crippen molar-refractivity contribution in [3.05, 3.63) is 35.1 Å². The van der Waals surface area contributed by atoms with Gasteiger partial charge in [-0.15, -0.1) is 0 Å². The van der Waals surface area contributed by atoms with Crippen LogP contribution in [-0.4, -0.2) is 42.8 Å². The minimum atomic E-state index is -0.503. The van der Waals surface area contributed by atoms with E-state index in [9.17, 15) is 9.50 Å². The Morgan fingerprint density at radius 2 is 2.06 bits per heavy atom. The van der Waals surface area contributed by atoms with E-state index in [0.29, 0.717) is 5.56 Å². The molecule has 4 heteroatoms. The van der Waals surface area contributed by atoms with Gasteiger partial charge in [-0.1, -0.05) is 12.1 Å². The number of hydrogen-bond donors (Lipinski definition) is 2. The van der Waals surface area contributed by atoms with Crippen LogP contribution in [0.1, 0.15) is 18.1 Å². The van der Waals surface area contributed by atoms with E-state index in [2.05, 4.69) is 10.2 Å². The highest BCUT2D eigenvalue weighted by Gasteiger charge is 2.34. The number of hydrogen-bond acceptors (Lipinski definition) is 3. The van der Waals surface area contributed by atoms with Crippen LogP contribution in [0.5, 0.6) is 0 Å². The van der Waals surface area contributed by atoms with Gasteiger partial charge in [-0.25, -0.2) is 4.39 Å². The van der Waals surface area contributed by atoms with Gasteiger partial charge < -0.3 is 10.4 Å². The Kier molecular flexibility index (Phi) is 4.00. The number of nitrogens with zero attached hydrogens (tertiary/aromatic N) is 1. The van der Waals surface area contributed by atoms with Crippen molar-refractivity contribution in [2.45, 2.75) is 19.4 Å². The summed E-state index contributed by atoms with van der Waals surface area (Å²) in [5.74, 6) is -0.206. The summed E-state index contributed by atoms with van der Waals surface area (Å²) in [6.07, 6.45) is 0. The number of aryl methyl sites for hydroxylation is 1. The van der Waals surface area contributed by atoms with E-state index in [-0.39, 0.29) is 12.4 Å². The Balaban J connectivity index is 2.32. The summed E-state index contributed by atoms with van der Waals surface area (Å²) in [5, 5.41) is 13.1. The molecule has 2 rings (SSSR count). The smallest absolute Gasteiger partial charge is 0.126 e. The number of piperazine rings is 1. The molecule has 1 aliphatic heterocycles. The van der Waals surface area contributed by atoms with E-state index < -0.39 is 5.54 Å². The van der Waals surface area contributed by atoms with E-state index in [1.165, 1.54) is 0 Å². The molecule has 1 atom stereocenters. The summed E-state index contributed by atoms with van der Waals surface area (Å²) in [5.41, 5.74) is 0.978. The minimum absolute atomic E-state index is 0.00446. The molecule has 1 unspecified atom stereocenters. The standard InChI is InChI=1S/C14H21FN2O/c1-11-3-4-12(9-13(11)15)14(2,10-18)17-7-5-16-6-8-17/h3-4,9,16,18H,5-8,10H2,1-2H3. The van der Waals surface area contributed by atoms with Crippen LogP contribution in [0.3, 0.4) is 0 Å². The van der Waals surface area contributed by atoms with E-state index >= 15 is 0 Å². The summed E-state index contributed by atoms with van der Waals surface area (Å²) >= 11 is 0. The highest BCUT2D eigenvalue weighted by Crippen LogP contribution is 2.29. The Hall–Kier alpha value is -0.970. The lowest BCUT2D eigenvalue weighted by molar-refractivity contribution is 0.0309. The van der Waals surface area contributed by atoms with Gasteiger partial charge >= 0.3 is 0 Å². The Morgan fingerprint density at radius 1 is 1.39 bits per heavy atom. The molecular formula is C14H21FN2O. The van der Waals surface area contributed by atoms with Crippen molar-refractivity contribution in [1.82, 2.24) is 10.2 Å². The van der Waals surface area contributed by atoms with Gasteiger partial charge in [0.2, 0.25) is 0 Å². The average Bonchev–Trinajstić information content (AvgIpc) is 2.42. The van der Waals surface area contributed by atoms with Gasteiger partial charge in [0.1, 0.15) is 5.82 Å². The second kappa shape index (κ2) is 5.34. The summed E-state index contributed by atoms with van der Waals surface area (Å²) < 4.78 is 13.7. The number of halogens is 1. The van der Waals surface area contributed by atoms with Crippen molar-refractivity contribution >= 4 is 0 Å². The Morgan fingerprint density at radius 3 is 2.61 bits per heavy atom. The normalized spacial score (nSPS) is 20.7. The van der Waals surface area contributed by atoms with Crippen LogP contribution in [0.15, 0.2) is 18.2 Å². The molecule has 0 spiro atoms. The maximum atomic E-state index is 13.7. The third-order valence-corrected chi connectivity index (χ3v) is 3.92. The molecule has 100 valence electrons. The van der Waals surface area contributed by atoms with E-state index in [1.54, 1.807) is 19.1 Å². The number of nitrogens with one attached hydrogen (secondary N) is 1. The summed E-state index contributed by atoms with van der Waals surface area (Å²) in [7, 11) is 0. The fraction of sp³-hybridized carbons (Fsp3) is 0.571. The van der Waals surface area contributed by atoms with E-state index in [0.717, 1.165) is 31.7 Å². The zero-order valence-corrected chi connectivity index (χ0v) is 11.0. The number of benzene rings is 1. The predicted molar refractivity (Wildman–Crippen MR) is 70.0 cm³/mol. The molecule has 2 N–H and O–H groups in total. The highest BCUT2D eigenvalue weighted by atomic mass is 19.1. The average molecular weight is 252 g/mol. The number of aliphatic hydroxyl groups excluding tert-OH is 1. The SMILES string of the molecule is Cc1ccc(C(C)(CO)N2CCNCC2)cc1F. The Labute approximate surface area is 108 Å². The topological polar surface area (TPSA) is 35.5 Å². The maximum Gasteiger partial charge on any atom is 0.126 e. The first-order valence-electron chi connectivity index (χ1n) is 6.41. The molecule has 0 bridgehead atoms. The van der Waals surface area contributed by atoms with Gasteiger partial charge in [-0.05, 0) is 31.0 Å². The quantitative estimate of drug-likeness (QED) is 0.850. The molecule has 1 aliphatic rings. The van der Waals surface area contributed by atoms with Crippen LogP contribution in [0.2, 0.25) is 0 Å². The van der Waals surface area contributed by atoms with Crippen LogP contribution < -0.4 is 5.32 Å². The van der Waals surface area contributed by atoms with Crippen LogP contribution in [0, 0.1) is 12.7 Å². The molecule has 1 fully saturated rings. The van der Waals surface area contributed by atoms with Crippen LogP contribution in [0.4, 0.5) is 4.39 Å². The molecule has 1 aromatic carbocycles. The number of aliphatic hydroxyl groups is 1. The van der Waals surface area contributed by atoms with Crippen molar-refractivity contribution in [2.75, 3.05) is 32.8 Å². The third-order valence-electron chi connectivity index (χ3n) is 3.92. The third kappa shape index (κ3) is 2.41. The molecule has 1 aromatic rings. The van der Waals surface area contributed by atoms with E-state index in [4.69, 9.17) is 0 Å². The summed E-state index contributed by atoms with van der Waals surface area (Å²) in [4.78, 5) is 2.22. The van der Waals surface area contributed by atoms with Crippen molar-refractivity contribution < 1.29 is 9.50 Å². The Bertz CT molecular complexity index is 418. The van der Waals surface area contributed by atoms with Crippen LogP contribution in [0.25, 0.3) is 0 Å². The highest BCUT2D eigenvalue weighted by molar-refractivity contribution is 5.29. The lowest BCUT2D eigenvalue weighted by Gasteiger charge is -2.43. The predicted octanol–water partition coefficient (Wildman–Crippen LogP) is 1.25. The zero-order chi connectivity index (χ0) is 13.2. The molecule has 1 heterocycles. The fourth-order valence-corrected chi connectivity index (χ4v) is 2.46. The first-order chi connectivity index (χ1) is 8.58. The van der Waals surface area contributed by atoms with Crippen molar-refractivity contribution in [2.24, 2.45) is 0 Å². The molecule has 0 radical (unpaired) electrons. The first-order valence-corrected chi connectivity index (χ1v) is 6.41. The lowest BCUT2D eigenvalue weighted by Crippen LogP contribution is -2.54. The molecule has 0 aromatic heterocycles. The first kappa shape index (κ1) is 13.5. The maximum absolute atomic E-state index is 13.7. The van der Waals surface area contributed by atoms with E-state index in [1.807, 2.05) is 13.0 Å². The van der Waals surface area contributed by atoms with Gasteiger partial charge in [-0.2, -0.15) is 0 Å². The largest absolute Gasteiger partial charge is 0.394 e. The number of rotatable bonds is 3. The molecule has 3 nitrogen and oxygen atoms in total. The van der Waals surface area contributed by atoms with Crippen molar-refractivity contribution in [3.8, 4) is 0 Å². The van der Waals surface area contributed by atoms with Crippen molar-refractivity contribution in [1.29, 1.82) is 0 Å². The second-order valence-corrected chi connectivity index (χ2v) is 5.13. The zero-order valence-electron chi connectivity index (χ0n) is 11.0. The van der Waals surface area contributed by atoms with Gasteiger partial charge in [-0.3, -0.25) is 4.90 Å². The minimum Gasteiger partial charge on any atom is -0.394 e. The van der Waals surface area contributed by atoms with Gasteiger partial charge in [0.25, 0.3) is 0 Å². The molecule has 0 saturated carbocycles. The molecule has 1 saturated heterocycles. The van der Waals surface area contributed by atoms with Crippen LogP contribution in [-0.2, 0) is 5.54 Å². The summed E-state index contributed by atoms with van der Waals surface area (Å²) in [6.45, 7) is 7.27. The van der Waals surface area contributed by atoms with Crippen LogP contribution >= 0.6 is 0 Å². The lowest BCUT2D eigenvalue weighted by atomic mass is 9.89. The molecule has 0 amide bonds. The molecular weight excluding hydrogens is 231 g/mol. The van der Waals surface area contributed by atoms with Crippen molar-refractivity contribution in [3.63, 3.8) is 0 Å². The fourth-order valence-electron chi connectivity index (χ4n) is 2.46. The summed E-state index contributed by atoms with van der Waals surface area (Å²) in [6, 6.07) is 5.24. The second-order valence-electron chi connectivity index (χ2n) is 5.13. The van der Waals surface area contributed by atoms with Gasteiger partial charge in [0, 0.05) is 26.2 Å². The van der Waals surface area contributed by atoms with Gasteiger partial charge in [0.05, 0.1) is 12.1 Å². The molecule has 0 aliphatic carbocycles. The molecule has 18 heavy (non-hydrogen) atoms. The monoisotopic (exact) mass is 252 g/mol. The van der Waals surface area contributed by atoms with Gasteiger partial charge in [0.15, 0.2) is 0 Å².